The van der Waals surface area contributed by atoms with Gasteiger partial charge in [-0.1, -0.05) is 0 Å². The van der Waals surface area contributed by atoms with Gasteiger partial charge < -0.3 is 21.8 Å². The van der Waals surface area contributed by atoms with Crippen LogP contribution in [0.2, 0.25) is 0 Å². The lowest BCUT2D eigenvalue weighted by Crippen LogP contribution is -2.77. The quantitative estimate of drug-likeness (QED) is 0.354. The van der Waals surface area contributed by atoms with E-state index >= 15 is 0 Å². The standard InChI is InChI=1S/C17H24N6O4/c1-17(2)12(22-16(17)27)15(26)23(5-3-4-11(23)13(19)24)14(25)10(18)6-9-7-20-8-21-9/h7-8,10-12H,3-6,18H2,1-2H3,(H3-,19,20,21,22,24,27)/p+1/t10-,11-,12+,23?/m0/s1. The highest BCUT2D eigenvalue weighted by Crippen LogP contribution is 2.37. The molecule has 3 rings (SSSR count). The molecule has 10 nitrogen and oxygen atoms in total. The van der Waals surface area contributed by atoms with Gasteiger partial charge in [0.15, 0.2) is 12.1 Å². The van der Waals surface area contributed by atoms with Crippen LogP contribution in [0.25, 0.3) is 0 Å². The zero-order chi connectivity index (χ0) is 20.0. The zero-order valence-electron chi connectivity index (χ0n) is 15.4. The molecule has 0 radical (unpaired) electrons. The summed E-state index contributed by atoms with van der Waals surface area (Å²) in [6.07, 6.45) is 3.98. The molecule has 0 saturated carbocycles. The molecular weight excluding hydrogens is 352 g/mol. The Morgan fingerprint density at radius 1 is 1.41 bits per heavy atom. The summed E-state index contributed by atoms with van der Waals surface area (Å²) in [4.78, 5) is 57.5. The Labute approximate surface area is 156 Å². The monoisotopic (exact) mass is 377 g/mol. The van der Waals surface area contributed by atoms with E-state index in [4.69, 9.17) is 11.5 Å². The molecule has 1 unspecified atom stereocenters. The molecule has 4 amide bonds. The highest BCUT2D eigenvalue weighted by atomic mass is 16.2. The summed E-state index contributed by atoms with van der Waals surface area (Å²) in [5.74, 6) is -2.08. The van der Waals surface area contributed by atoms with E-state index in [2.05, 4.69) is 15.3 Å². The van der Waals surface area contributed by atoms with Crippen molar-refractivity contribution in [2.45, 2.75) is 51.2 Å². The fraction of sp³-hybridized carbons (Fsp3) is 0.588. The van der Waals surface area contributed by atoms with Crippen LogP contribution >= 0.6 is 0 Å². The molecule has 0 bridgehead atoms. The van der Waals surface area contributed by atoms with E-state index in [9.17, 15) is 19.2 Å². The highest BCUT2D eigenvalue weighted by Gasteiger charge is 2.65. The molecular formula is C17H25N6O4+. The van der Waals surface area contributed by atoms with Crippen LogP contribution in [0.3, 0.4) is 0 Å². The van der Waals surface area contributed by atoms with E-state index in [0.29, 0.717) is 18.5 Å². The number of H-pyrrole nitrogens is 1. The summed E-state index contributed by atoms with van der Waals surface area (Å²) in [5.41, 5.74) is 11.3. The molecule has 6 N–H and O–H groups in total. The number of hydrogen-bond donors (Lipinski definition) is 4. The second-order valence-electron chi connectivity index (χ2n) is 7.84. The maximum atomic E-state index is 13.4. The van der Waals surface area contributed by atoms with Gasteiger partial charge in [0.05, 0.1) is 18.3 Å². The molecule has 2 aliphatic heterocycles. The lowest BCUT2D eigenvalue weighted by atomic mass is 9.75. The smallest absolute Gasteiger partial charge is 0.345 e. The third-order valence-electron chi connectivity index (χ3n) is 5.78. The van der Waals surface area contributed by atoms with Gasteiger partial charge in [-0.15, -0.1) is 0 Å². The summed E-state index contributed by atoms with van der Waals surface area (Å²) >= 11 is 0. The minimum absolute atomic E-state index is 0.143. The molecule has 146 valence electrons. The molecule has 1 aromatic heterocycles. The number of likely N-dealkylation sites (tertiary alicyclic amines) is 1. The van der Waals surface area contributed by atoms with Crippen molar-refractivity contribution in [3.8, 4) is 0 Å². The number of carbonyl (C=O) groups is 4. The van der Waals surface area contributed by atoms with E-state index in [0.717, 1.165) is 0 Å². The first-order chi connectivity index (χ1) is 12.6. The molecule has 27 heavy (non-hydrogen) atoms. The molecule has 0 aliphatic carbocycles. The van der Waals surface area contributed by atoms with Crippen LogP contribution in [-0.4, -0.2) is 62.7 Å². The number of carbonyl (C=O) groups excluding carboxylic acids is 4. The highest BCUT2D eigenvalue weighted by molar-refractivity contribution is 6.03. The van der Waals surface area contributed by atoms with Crippen LogP contribution in [0.4, 0.5) is 0 Å². The van der Waals surface area contributed by atoms with Crippen molar-refractivity contribution >= 4 is 23.6 Å². The number of primary amides is 1. The Balaban J connectivity index is 1.96. The summed E-state index contributed by atoms with van der Waals surface area (Å²) in [5, 5.41) is 2.57. The first kappa shape index (κ1) is 19.2. The first-order valence-corrected chi connectivity index (χ1v) is 8.92. The second-order valence-corrected chi connectivity index (χ2v) is 7.84. The van der Waals surface area contributed by atoms with Crippen molar-refractivity contribution in [3.63, 3.8) is 0 Å². The summed E-state index contributed by atoms with van der Waals surface area (Å²) in [6, 6.07) is -2.87. The Kier molecular flexibility index (Phi) is 4.64. The third kappa shape index (κ3) is 2.85. The Bertz CT molecular complexity index is 789. The molecule has 10 heteroatoms. The molecule has 0 spiro atoms. The van der Waals surface area contributed by atoms with E-state index in [1.54, 1.807) is 20.0 Å². The van der Waals surface area contributed by atoms with Crippen molar-refractivity contribution in [1.82, 2.24) is 15.3 Å². The number of aromatic nitrogens is 2. The van der Waals surface area contributed by atoms with Gasteiger partial charge in [-0.05, 0) is 13.8 Å². The summed E-state index contributed by atoms with van der Waals surface area (Å²) in [7, 11) is 0. The fourth-order valence-electron chi connectivity index (χ4n) is 4.07. The molecule has 3 heterocycles. The molecule has 4 atom stereocenters. The lowest BCUT2D eigenvalue weighted by Gasteiger charge is -2.46. The number of nitrogens with two attached hydrogens (primary N) is 2. The van der Waals surface area contributed by atoms with Gasteiger partial charge >= 0.3 is 11.8 Å². The number of hydrogen-bond acceptors (Lipinski definition) is 6. The van der Waals surface area contributed by atoms with Crippen LogP contribution in [-0.2, 0) is 25.6 Å². The van der Waals surface area contributed by atoms with E-state index in [-0.39, 0.29) is 18.9 Å². The molecule has 2 saturated heterocycles. The fourth-order valence-corrected chi connectivity index (χ4v) is 4.07. The number of imidazole rings is 1. The van der Waals surface area contributed by atoms with Gasteiger partial charge in [-0.2, -0.15) is 4.48 Å². The van der Waals surface area contributed by atoms with Gasteiger partial charge in [0.1, 0.15) is 6.04 Å². The minimum atomic E-state index is -1.02. The molecule has 0 aromatic carbocycles. The van der Waals surface area contributed by atoms with Gasteiger partial charge in [0.25, 0.3) is 5.91 Å². The van der Waals surface area contributed by atoms with Crippen molar-refractivity contribution in [2.24, 2.45) is 16.9 Å². The third-order valence-corrected chi connectivity index (χ3v) is 5.78. The predicted octanol–water partition coefficient (Wildman–Crippen LogP) is -1.68. The maximum absolute atomic E-state index is 13.4. The van der Waals surface area contributed by atoms with Crippen molar-refractivity contribution in [3.05, 3.63) is 18.2 Å². The predicted molar refractivity (Wildman–Crippen MR) is 93.3 cm³/mol. The van der Waals surface area contributed by atoms with Gasteiger partial charge in [0.2, 0.25) is 5.91 Å². The van der Waals surface area contributed by atoms with Crippen LogP contribution in [0.1, 0.15) is 32.4 Å². The topological polar surface area (TPSA) is 161 Å². The zero-order valence-corrected chi connectivity index (χ0v) is 15.4. The van der Waals surface area contributed by atoms with Crippen LogP contribution in [0.15, 0.2) is 12.5 Å². The van der Waals surface area contributed by atoms with Crippen LogP contribution in [0.5, 0.6) is 0 Å². The number of aromatic amines is 1. The number of rotatable bonds is 5. The minimum Gasteiger partial charge on any atom is -0.364 e. The van der Waals surface area contributed by atoms with Gasteiger partial charge in [0, 0.05) is 31.2 Å². The molecule has 2 fully saturated rings. The van der Waals surface area contributed by atoms with Crippen molar-refractivity contribution < 1.29 is 23.7 Å². The SMILES string of the molecule is CC1(C)C(=O)N[C@@H]1C(=O)[N+]1(C(=O)[C@@H](N)Cc2cnc[nH]2)CCC[C@H]1C(N)=O. The Hall–Kier alpha value is -2.59. The van der Waals surface area contributed by atoms with Gasteiger partial charge in [-0.25, -0.2) is 14.6 Å². The van der Waals surface area contributed by atoms with E-state index in [1.165, 1.54) is 6.33 Å². The number of nitrogens with zero attached hydrogens (tertiary/aromatic N) is 2. The summed E-state index contributed by atoms with van der Waals surface area (Å²) < 4.78 is -0.737. The average molecular weight is 377 g/mol. The molecule has 1 aromatic rings. The molecule has 2 aliphatic rings. The van der Waals surface area contributed by atoms with Crippen molar-refractivity contribution in [1.29, 1.82) is 0 Å². The Morgan fingerprint density at radius 3 is 2.63 bits per heavy atom. The summed E-state index contributed by atoms with van der Waals surface area (Å²) in [6.45, 7) is 3.41. The largest absolute Gasteiger partial charge is 0.364 e. The maximum Gasteiger partial charge on any atom is 0.345 e. The Morgan fingerprint density at radius 2 is 2.11 bits per heavy atom. The number of quaternary nitrogens is 1. The van der Waals surface area contributed by atoms with E-state index in [1.807, 2.05) is 0 Å². The first-order valence-electron chi connectivity index (χ1n) is 8.92. The van der Waals surface area contributed by atoms with Crippen molar-refractivity contribution in [2.75, 3.05) is 6.54 Å². The number of β-lactam (4-membered cyclic amide) rings is 1. The van der Waals surface area contributed by atoms with Gasteiger partial charge in [-0.3, -0.25) is 9.59 Å². The second kappa shape index (κ2) is 6.54. The van der Waals surface area contributed by atoms with Crippen LogP contribution in [0, 0.1) is 5.41 Å². The number of nitrogens with one attached hydrogen (secondary N) is 2. The normalized spacial score (nSPS) is 30.3. The number of imide groups is 1. The van der Waals surface area contributed by atoms with Crippen LogP contribution < -0.4 is 16.8 Å². The lowest BCUT2D eigenvalue weighted by molar-refractivity contribution is -0.784. The van der Waals surface area contributed by atoms with E-state index < -0.39 is 45.7 Å². The number of amides is 4. The average Bonchev–Trinajstić information content (AvgIpc) is 3.28.